The zero-order valence-corrected chi connectivity index (χ0v) is 11.1. The lowest BCUT2D eigenvalue weighted by Crippen LogP contribution is -2.36. The molecule has 2 atom stereocenters. The van der Waals surface area contributed by atoms with Gasteiger partial charge in [-0.25, -0.2) is 0 Å². The molecular weight excluding hydrogens is 238 g/mol. The van der Waals surface area contributed by atoms with E-state index in [4.69, 9.17) is 0 Å². The molecule has 3 rings (SSSR count). The zero-order chi connectivity index (χ0) is 13.2. The fourth-order valence-corrected chi connectivity index (χ4v) is 3.63. The first kappa shape index (κ1) is 12.7. The van der Waals surface area contributed by atoms with Crippen molar-refractivity contribution in [3.8, 4) is 0 Å². The molecule has 2 unspecified atom stereocenters. The molecule has 0 aromatic heterocycles. The van der Waals surface area contributed by atoms with E-state index in [1.165, 1.54) is 11.1 Å². The topological polar surface area (TPSA) is 49.3 Å². The van der Waals surface area contributed by atoms with Gasteiger partial charge in [0.15, 0.2) is 0 Å². The average Bonchev–Trinajstić information content (AvgIpc) is 3.02. The van der Waals surface area contributed by atoms with Crippen LogP contribution in [0.1, 0.15) is 30.4 Å². The predicted octanol–water partition coefficient (Wildman–Crippen LogP) is 2.24. The Morgan fingerprint density at radius 1 is 1.21 bits per heavy atom. The molecule has 0 aliphatic heterocycles. The molecule has 1 saturated carbocycles. The number of fused-ring (bicyclic) bond motifs is 1. The second kappa shape index (κ2) is 5.33. The van der Waals surface area contributed by atoms with Gasteiger partial charge in [0.05, 0.1) is 5.92 Å². The summed E-state index contributed by atoms with van der Waals surface area (Å²) < 4.78 is 0. The van der Waals surface area contributed by atoms with Crippen LogP contribution in [0.25, 0.3) is 0 Å². The lowest BCUT2D eigenvalue weighted by molar-refractivity contribution is -0.142. The van der Waals surface area contributed by atoms with Crippen molar-refractivity contribution in [2.75, 3.05) is 6.54 Å². The van der Waals surface area contributed by atoms with E-state index in [-0.39, 0.29) is 5.92 Å². The smallest absolute Gasteiger partial charge is 0.306 e. The summed E-state index contributed by atoms with van der Waals surface area (Å²) in [5.74, 6) is -0.420. The van der Waals surface area contributed by atoms with Crippen molar-refractivity contribution in [1.29, 1.82) is 0 Å². The minimum absolute atomic E-state index is 0.128. The number of rotatable bonds is 4. The maximum absolute atomic E-state index is 11.2. The van der Waals surface area contributed by atoms with E-state index in [2.05, 4.69) is 29.6 Å². The Balaban J connectivity index is 1.53. The van der Waals surface area contributed by atoms with E-state index in [9.17, 15) is 9.90 Å². The van der Waals surface area contributed by atoms with Crippen molar-refractivity contribution in [3.05, 3.63) is 35.4 Å². The molecule has 2 aliphatic rings. The number of carboxylic acid groups (broad SMARTS) is 1. The average molecular weight is 259 g/mol. The highest BCUT2D eigenvalue weighted by Gasteiger charge is 2.33. The van der Waals surface area contributed by atoms with Crippen LogP contribution >= 0.6 is 0 Å². The number of carbonyl (C=O) groups is 1. The summed E-state index contributed by atoms with van der Waals surface area (Å²) in [5, 5.41) is 12.8. The number of hydrogen-bond acceptors (Lipinski definition) is 2. The standard InChI is InChI=1S/C16H21NO2/c18-16(19)15-7-3-6-13(15)10-17-14-8-11-4-1-2-5-12(11)9-14/h1-2,4-5,13-15,17H,3,6-10H2,(H,18,19). The lowest BCUT2D eigenvalue weighted by atomic mass is 9.96. The SMILES string of the molecule is O=C(O)C1CCCC1CNC1Cc2ccccc2C1. The van der Waals surface area contributed by atoms with Gasteiger partial charge in [0.1, 0.15) is 0 Å². The van der Waals surface area contributed by atoms with E-state index in [1.807, 2.05) is 0 Å². The molecule has 2 N–H and O–H groups in total. The van der Waals surface area contributed by atoms with Crippen molar-refractivity contribution in [2.24, 2.45) is 11.8 Å². The molecule has 0 radical (unpaired) electrons. The van der Waals surface area contributed by atoms with Gasteiger partial charge in [0.25, 0.3) is 0 Å². The summed E-state index contributed by atoms with van der Waals surface area (Å²) in [6.07, 6.45) is 5.14. The first-order chi connectivity index (χ1) is 9.24. The fourth-order valence-electron chi connectivity index (χ4n) is 3.63. The molecular formula is C16H21NO2. The third-order valence-electron chi connectivity index (χ3n) is 4.70. The molecule has 1 aromatic rings. The molecule has 0 heterocycles. The predicted molar refractivity (Wildman–Crippen MR) is 74.1 cm³/mol. The van der Waals surface area contributed by atoms with Crippen LogP contribution in [0.4, 0.5) is 0 Å². The van der Waals surface area contributed by atoms with Crippen LogP contribution in [0, 0.1) is 11.8 Å². The van der Waals surface area contributed by atoms with Crippen LogP contribution in [0.15, 0.2) is 24.3 Å². The van der Waals surface area contributed by atoms with E-state index >= 15 is 0 Å². The number of nitrogens with one attached hydrogen (secondary N) is 1. The lowest BCUT2D eigenvalue weighted by Gasteiger charge is -2.19. The zero-order valence-electron chi connectivity index (χ0n) is 11.1. The van der Waals surface area contributed by atoms with Crippen molar-refractivity contribution in [1.82, 2.24) is 5.32 Å². The van der Waals surface area contributed by atoms with E-state index in [0.29, 0.717) is 12.0 Å². The maximum atomic E-state index is 11.2. The molecule has 1 fully saturated rings. The summed E-state index contributed by atoms with van der Waals surface area (Å²) in [5.41, 5.74) is 2.89. The van der Waals surface area contributed by atoms with Gasteiger partial charge in [0.2, 0.25) is 0 Å². The first-order valence-electron chi connectivity index (χ1n) is 7.27. The molecule has 102 valence electrons. The molecule has 3 heteroatoms. The van der Waals surface area contributed by atoms with Crippen LogP contribution in [0.2, 0.25) is 0 Å². The van der Waals surface area contributed by atoms with Gasteiger partial charge in [-0.3, -0.25) is 4.79 Å². The minimum atomic E-state index is -0.612. The highest BCUT2D eigenvalue weighted by Crippen LogP contribution is 2.32. The van der Waals surface area contributed by atoms with E-state index < -0.39 is 5.97 Å². The normalized spacial score (nSPS) is 26.5. The van der Waals surface area contributed by atoms with E-state index in [0.717, 1.165) is 38.6 Å². The number of hydrogen-bond donors (Lipinski definition) is 2. The van der Waals surface area contributed by atoms with Crippen molar-refractivity contribution >= 4 is 5.97 Å². The number of aliphatic carboxylic acids is 1. The molecule has 19 heavy (non-hydrogen) atoms. The van der Waals surface area contributed by atoms with Crippen molar-refractivity contribution in [3.63, 3.8) is 0 Å². The molecule has 0 spiro atoms. The van der Waals surface area contributed by atoms with Gasteiger partial charge in [-0.15, -0.1) is 0 Å². The van der Waals surface area contributed by atoms with Crippen LogP contribution in [-0.2, 0) is 17.6 Å². The second-order valence-corrected chi connectivity index (χ2v) is 5.92. The van der Waals surface area contributed by atoms with Gasteiger partial charge >= 0.3 is 5.97 Å². The second-order valence-electron chi connectivity index (χ2n) is 5.92. The van der Waals surface area contributed by atoms with Crippen LogP contribution < -0.4 is 5.32 Å². The summed E-state index contributed by atoms with van der Waals surface area (Å²) in [6, 6.07) is 9.09. The fraction of sp³-hybridized carbons (Fsp3) is 0.562. The largest absolute Gasteiger partial charge is 0.481 e. The van der Waals surface area contributed by atoms with Gasteiger partial charge < -0.3 is 10.4 Å². The molecule has 0 saturated heterocycles. The Hall–Kier alpha value is -1.35. The third-order valence-corrected chi connectivity index (χ3v) is 4.70. The summed E-state index contributed by atoms with van der Waals surface area (Å²) >= 11 is 0. The van der Waals surface area contributed by atoms with Gasteiger partial charge in [-0.2, -0.15) is 0 Å². The van der Waals surface area contributed by atoms with E-state index in [1.54, 1.807) is 0 Å². The van der Waals surface area contributed by atoms with Gasteiger partial charge in [0, 0.05) is 6.04 Å². The molecule has 0 bridgehead atoms. The minimum Gasteiger partial charge on any atom is -0.481 e. The number of benzene rings is 1. The molecule has 0 amide bonds. The Bertz CT molecular complexity index is 447. The maximum Gasteiger partial charge on any atom is 0.306 e. The summed E-state index contributed by atoms with van der Waals surface area (Å²) in [6.45, 7) is 0.857. The Morgan fingerprint density at radius 2 is 1.89 bits per heavy atom. The molecule has 2 aliphatic carbocycles. The Kier molecular flexibility index (Phi) is 3.56. The highest BCUT2D eigenvalue weighted by atomic mass is 16.4. The van der Waals surface area contributed by atoms with Crippen molar-refractivity contribution < 1.29 is 9.90 Å². The quantitative estimate of drug-likeness (QED) is 0.872. The Labute approximate surface area is 114 Å². The molecule has 1 aromatic carbocycles. The summed E-state index contributed by atoms with van der Waals surface area (Å²) in [7, 11) is 0. The van der Waals surface area contributed by atoms with Crippen LogP contribution in [0.5, 0.6) is 0 Å². The first-order valence-corrected chi connectivity index (χ1v) is 7.27. The third kappa shape index (κ3) is 2.66. The van der Waals surface area contributed by atoms with Crippen LogP contribution in [0.3, 0.4) is 0 Å². The van der Waals surface area contributed by atoms with Crippen LogP contribution in [-0.4, -0.2) is 23.7 Å². The highest BCUT2D eigenvalue weighted by molar-refractivity contribution is 5.70. The van der Waals surface area contributed by atoms with Gasteiger partial charge in [-0.05, 0) is 49.3 Å². The summed E-state index contributed by atoms with van der Waals surface area (Å²) in [4.78, 5) is 11.2. The van der Waals surface area contributed by atoms with Gasteiger partial charge in [-0.1, -0.05) is 30.7 Å². The molecule has 3 nitrogen and oxygen atoms in total. The van der Waals surface area contributed by atoms with Crippen molar-refractivity contribution in [2.45, 2.75) is 38.1 Å². The monoisotopic (exact) mass is 259 g/mol. The Morgan fingerprint density at radius 3 is 2.53 bits per heavy atom. The number of carboxylic acids is 1.